The smallest absolute Gasteiger partial charge is 0.326 e. The van der Waals surface area contributed by atoms with Crippen LogP contribution in [0, 0.1) is 0 Å². The average molecular weight is 396 g/mol. The molecule has 0 spiro atoms. The van der Waals surface area contributed by atoms with Gasteiger partial charge < -0.3 is 10.7 Å². The molecule has 3 N–H and O–H groups in total. The Balaban J connectivity index is 1.42. The third-order valence-electron chi connectivity index (χ3n) is 5.01. The number of rotatable bonds is 6. The minimum atomic E-state index is -0.113. The molecule has 2 aromatic heterocycles. The van der Waals surface area contributed by atoms with Crippen molar-refractivity contribution in [2.75, 3.05) is 0 Å². The van der Waals surface area contributed by atoms with Crippen LogP contribution in [0.5, 0.6) is 0 Å². The minimum absolute atomic E-state index is 0.0551. The van der Waals surface area contributed by atoms with E-state index in [9.17, 15) is 4.79 Å². The summed E-state index contributed by atoms with van der Waals surface area (Å²) in [6.45, 7) is 0.750. The molecule has 0 amide bonds. The molecule has 6 nitrogen and oxygen atoms in total. The molecule has 0 radical (unpaired) electrons. The molecule has 0 saturated carbocycles. The van der Waals surface area contributed by atoms with Crippen LogP contribution in [0.1, 0.15) is 12.0 Å². The zero-order chi connectivity index (χ0) is 19.7. The summed E-state index contributed by atoms with van der Waals surface area (Å²) < 4.78 is 3.52. The van der Waals surface area contributed by atoms with Gasteiger partial charge in [0.25, 0.3) is 0 Å². The van der Waals surface area contributed by atoms with Gasteiger partial charge in [0.2, 0.25) is 0 Å². The lowest BCUT2D eigenvalue weighted by molar-refractivity contribution is 0.507. The molecule has 144 valence electrons. The van der Waals surface area contributed by atoms with Crippen molar-refractivity contribution in [3.8, 4) is 11.1 Å². The van der Waals surface area contributed by atoms with Crippen molar-refractivity contribution < 1.29 is 0 Å². The Labute approximate surface area is 167 Å². The molecule has 4 aromatic rings. The van der Waals surface area contributed by atoms with Gasteiger partial charge in [-0.15, -0.1) is 0 Å². The predicted molar refractivity (Wildman–Crippen MR) is 113 cm³/mol. The quantitative estimate of drug-likeness (QED) is 0.525. The van der Waals surface area contributed by atoms with Gasteiger partial charge in [0, 0.05) is 36.4 Å². The number of fused-ring (bicyclic) bond motifs is 1. The maximum absolute atomic E-state index is 11.8. The fraction of sp³-hybridized carbons (Fsp3) is 0.238. The van der Waals surface area contributed by atoms with Crippen LogP contribution in [0.15, 0.2) is 59.7 Å². The second kappa shape index (κ2) is 7.66. The van der Waals surface area contributed by atoms with E-state index in [4.69, 9.17) is 17.3 Å². The fourth-order valence-corrected chi connectivity index (χ4v) is 3.49. The van der Waals surface area contributed by atoms with Crippen LogP contribution in [-0.2, 0) is 20.0 Å². The molecule has 0 saturated heterocycles. The lowest BCUT2D eigenvalue weighted by Gasteiger charge is -2.11. The molecular weight excluding hydrogens is 374 g/mol. The molecule has 2 aromatic carbocycles. The third kappa shape index (κ3) is 3.88. The second-order valence-corrected chi connectivity index (χ2v) is 7.53. The van der Waals surface area contributed by atoms with E-state index >= 15 is 0 Å². The number of aryl methyl sites for hydroxylation is 2. The van der Waals surface area contributed by atoms with Gasteiger partial charge in [-0.2, -0.15) is 5.10 Å². The summed E-state index contributed by atoms with van der Waals surface area (Å²) in [6, 6.07) is 13.8. The molecule has 0 aliphatic rings. The largest absolute Gasteiger partial charge is 0.327 e. The van der Waals surface area contributed by atoms with Crippen molar-refractivity contribution in [2.24, 2.45) is 12.8 Å². The summed E-state index contributed by atoms with van der Waals surface area (Å²) >= 11 is 5.92. The highest BCUT2D eigenvalue weighted by molar-refractivity contribution is 6.30. The van der Waals surface area contributed by atoms with E-state index in [-0.39, 0.29) is 11.7 Å². The molecule has 0 aliphatic carbocycles. The first-order chi connectivity index (χ1) is 13.5. The number of nitrogens with two attached hydrogens (primary N) is 1. The zero-order valence-electron chi connectivity index (χ0n) is 15.6. The summed E-state index contributed by atoms with van der Waals surface area (Å²) in [5, 5.41) is 5.19. The topological polar surface area (TPSA) is 81.6 Å². The summed E-state index contributed by atoms with van der Waals surface area (Å²) in [5.41, 5.74) is 11.1. The number of aromatic nitrogens is 4. The predicted octanol–water partition coefficient (Wildman–Crippen LogP) is 3.34. The number of imidazole rings is 1. The van der Waals surface area contributed by atoms with E-state index in [0.717, 1.165) is 46.6 Å². The van der Waals surface area contributed by atoms with Gasteiger partial charge in [0.15, 0.2) is 0 Å². The summed E-state index contributed by atoms with van der Waals surface area (Å²) in [7, 11) is 1.76. The molecule has 7 heteroatoms. The molecule has 1 atom stereocenters. The van der Waals surface area contributed by atoms with Crippen molar-refractivity contribution in [1.82, 2.24) is 19.3 Å². The summed E-state index contributed by atoms with van der Waals surface area (Å²) in [4.78, 5) is 14.6. The van der Waals surface area contributed by atoms with E-state index in [1.165, 1.54) is 5.56 Å². The van der Waals surface area contributed by atoms with Crippen LogP contribution >= 0.6 is 11.6 Å². The molecule has 0 aliphatic heterocycles. The highest BCUT2D eigenvalue weighted by Gasteiger charge is 2.09. The Morgan fingerprint density at radius 1 is 1.18 bits per heavy atom. The molecule has 2 heterocycles. The van der Waals surface area contributed by atoms with Crippen molar-refractivity contribution in [3.05, 3.63) is 75.9 Å². The maximum atomic E-state index is 11.8. The summed E-state index contributed by atoms with van der Waals surface area (Å²) in [6.07, 6.45) is 5.50. The highest BCUT2D eigenvalue weighted by Crippen LogP contribution is 2.22. The third-order valence-corrected chi connectivity index (χ3v) is 5.26. The number of benzene rings is 2. The minimum Gasteiger partial charge on any atom is -0.327 e. The SMILES string of the molecule is Cn1c(=O)[nH]c2ccc(-c3cnn(CC[C@H](N)Cc4ccc(Cl)cc4)c3)cc21. The average Bonchev–Trinajstić information content (AvgIpc) is 3.27. The second-order valence-electron chi connectivity index (χ2n) is 7.09. The Hall–Kier alpha value is -2.83. The van der Waals surface area contributed by atoms with Crippen molar-refractivity contribution >= 4 is 22.6 Å². The lowest BCUT2D eigenvalue weighted by atomic mass is 10.0. The van der Waals surface area contributed by atoms with E-state index in [2.05, 4.69) is 10.1 Å². The van der Waals surface area contributed by atoms with Gasteiger partial charge in [0.1, 0.15) is 0 Å². The van der Waals surface area contributed by atoms with Crippen LogP contribution in [0.3, 0.4) is 0 Å². The zero-order valence-corrected chi connectivity index (χ0v) is 16.4. The first kappa shape index (κ1) is 18.5. The monoisotopic (exact) mass is 395 g/mol. The van der Waals surface area contributed by atoms with E-state index < -0.39 is 0 Å². The molecule has 0 unspecified atom stereocenters. The number of hydrogen-bond acceptors (Lipinski definition) is 3. The summed E-state index contributed by atoms with van der Waals surface area (Å²) in [5.74, 6) is 0. The number of halogens is 1. The van der Waals surface area contributed by atoms with Crippen molar-refractivity contribution in [3.63, 3.8) is 0 Å². The number of nitrogens with one attached hydrogen (secondary N) is 1. The Morgan fingerprint density at radius 3 is 2.75 bits per heavy atom. The molecular formula is C21H22ClN5O. The van der Waals surface area contributed by atoms with E-state index in [1.54, 1.807) is 11.6 Å². The first-order valence-electron chi connectivity index (χ1n) is 9.21. The van der Waals surface area contributed by atoms with Crippen LogP contribution in [0.4, 0.5) is 0 Å². The van der Waals surface area contributed by atoms with Gasteiger partial charge in [-0.25, -0.2) is 4.79 Å². The molecule has 0 fully saturated rings. The highest BCUT2D eigenvalue weighted by atomic mass is 35.5. The van der Waals surface area contributed by atoms with Gasteiger partial charge in [-0.05, 0) is 48.2 Å². The van der Waals surface area contributed by atoms with E-state index in [0.29, 0.717) is 0 Å². The maximum Gasteiger partial charge on any atom is 0.326 e. The normalized spacial score (nSPS) is 12.5. The van der Waals surface area contributed by atoms with E-state index in [1.807, 2.05) is 59.5 Å². The molecule has 0 bridgehead atoms. The van der Waals surface area contributed by atoms with Crippen LogP contribution < -0.4 is 11.4 Å². The first-order valence-corrected chi connectivity index (χ1v) is 9.59. The Morgan fingerprint density at radius 2 is 1.96 bits per heavy atom. The number of hydrogen-bond donors (Lipinski definition) is 2. The lowest BCUT2D eigenvalue weighted by Crippen LogP contribution is -2.24. The molecule has 4 rings (SSSR count). The van der Waals surface area contributed by atoms with Gasteiger partial charge in [-0.3, -0.25) is 9.25 Å². The number of nitrogens with zero attached hydrogens (tertiary/aromatic N) is 3. The molecule has 28 heavy (non-hydrogen) atoms. The Bertz CT molecular complexity index is 1160. The van der Waals surface area contributed by atoms with Crippen LogP contribution in [0.2, 0.25) is 5.02 Å². The van der Waals surface area contributed by atoms with Gasteiger partial charge in [0.05, 0.1) is 17.2 Å². The van der Waals surface area contributed by atoms with Crippen LogP contribution in [-0.4, -0.2) is 25.4 Å². The fourth-order valence-electron chi connectivity index (χ4n) is 3.36. The van der Waals surface area contributed by atoms with Crippen LogP contribution in [0.25, 0.3) is 22.2 Å². The van der Waals surface area contributed by atoms with Crippen molar-refractivity contribution in [2.45, 2.75) is 25.4 Å². The Kier molecular flexibility index (Phi) is 5.07. The van der Waals surface area contributed by atoms with Gasteiger partial charge in [-0.1, -0.05) is 29.8 Å². The standard InChI is InChI=1S/C21H22ClN5O/c1-26-20-11-15(4-7-19(20)25-21(26)28)16-12-24-27(13-16)9-8-18(23)10-14-2-5-17(22)6-3-14/h2-7,11-13,18H,8-10,23H2,1H3,(H,25,28)/t18-/m0/s1. The number of H-pyrrole nitrogens is 1. The number of aromatic amines is 1. The van der Waals surface area contributed by atoms with Crippen molar-refractivity contribution in [1.29, 1.82) is 0 Å². The van der Waals surface area contributed by atoms with Gasteiger partial charge >= 0.3 is 5.69 Å².